The van der Waals surface area contributed by atoms with Gasteiger partial charge in [0.25, 0.3) is 0 Å². The number of unbranched alkanes of at least 4 members (excludes halogenated alkanes) is 23. The summed E-state index contributed by atoms with van der Waals surface area (Å²) in [7, 11) is 1.61. The summed E-state index contributed by atoms with van der Waals surface area (Å²) in [6.07, 6.45) is 36.5. The number of nitrogens with zero attached hydrogens (tertiary/aromatic N) is 1. The van der Waals surface area contributed by atoms with Crippen molar-refractivity contribution in [2.75, 3.05) is 40.9 Å². The molecule has 0 aliphatic heterocycles. The van der Waals surface area contributed by atoms with Crippen LogP contribution in [0.4, 0.5) is 0 Å². The lowest BCUT2D eigenvalue weighted by Gasteiger charge is -2.26. The Kier molecular flexibility index (Phi) is 33.5. The Bertz CT molecular complexity index is 834. The lowest BCUT2D eigenvalue weighted by molar-refractivity contribution is -0.870. The topological polar surface area (TPSA) is 105 Å². The van der Waals surface area contributed by atoms with Gasteiger partial charge in [-0.1, -0.05) is 161 Å². The fourth-order valence-electron chi connectivity index (χ4n) is 6.10. The Morgan fingerprint density at radius 1 is 0.660 bits per heavy atom. The highest BCUT2D eigenvalue weighted by Gasteiger charge is 2.28. The maximum atomic E-state index is 12.8. The number of phosphoric acid groups is 1. The monoisotopic (exact) mass is 732 g/mol. The van der Waals surface area contributed by atoms with E-state index in [0.29, 0.717) is 23.9 Å². The molecule has 0 rings (SSSR count). The van der Waals surface area contributed by atoms with Crippen molar-refractivity contribution in [3.63, 3.8) is 0 Å². The largest absolute Gasteiger partial charge is 0.472 e. The van der Waals surface area contributed by atoms with Crippen molar-refractivity contribution >= 4 is 13.7 Å². The second-order valence-electron chi connectivity index (χ2n) is 15.7. The minimum Gasteiger partial charge on any atom is -0.391 e. The number of nitrogens with one attached hydrogen (secondary N) is 1. The molecule has 1 unspecified atom stereocenters. The van der Waals surface area contributed by atoms with Crippen LogP contribution >= 0.6 is 7.82 Å². The minimum atomic E-state index is -4.31. The van der Waals surface area contributed by atoms with Gasteiger partial charge in [-0.25, -0.2) is 4.57 Å². The first kappa shape index (κ1) is 49.2. The predicted octanol–water partition coefficient (Wildman–Crippen LogP) is 11.2. The van der Waals surface area contributed by atoms with Gasteiger partial charge in [-0.15, -0.1) is 0 Å². The molecular formula is C41H84N2O6P+. The van der Waals surface area contributed by atoms with Crippen molar-refractivity contribution in [1.82, 2.24) is 5.32 Å². The number of aliphatic hydroxyl groups is 1. The van der Waals surface area contributed by atoms with E-state index in [1.165, 1.54) is 116 Å². The summed E-state index contributed by atoms with van der Waals surface area (Å²) in [6.45, 7) is 4.87. The molecule has 0 fully saturated rings. The number of allylic oxidation sites excluding steroid dienone is 2. The molecule has 0 aromatic carbocycles. The van der Waals surface area contributed by atoms with E-state index in [0.717, 1.165) is 51.4 Å². The van der Waals surface area contributed by atoms with Crippen molar-refractivity contribution in [3.05, 3.63) is 12.2 Å². The van der Waals surface area contributed by atoms with Crippen molar-refractivity contribution in [3.8, 4) is 0 Å². The van der Waals surface area contributed by atoms with E-state index in [-0.39, 0.29) is 19.1 Å². The van der Waals surface area contributed by atoms with Crippen molar-refractivity contribution in [2.45, 2.75) is 206 Å². The van der Waals surface area contributed by atoms with Gasteiger partial charge in [0.15, 0.2) is 0 Å². The van der Waals surface area contributed by atoms with Gasteiger partial charge >= 0.3 is 7.82 Å². The number of hydrogen-bond acceptors (Lipinski definition) is 5. The number of likely N-dealkylation sites (N-methyl/N-ethyl adjacent to an activating group) is 1. The lowest BCUT2D eigenvalue weighted by Crippen LogP contribution is -2.46. The second-order valence-corrected chi connectivity index (χ2v) is 17.2. The third-order valence-electron chi connectivity index (χ3n) is 9.51. The Morgan fingerprint density at radius 2 is 1.08 bits per heavy atom. The molecule has 9 heteroatoms. The smallest absolute Gasteiger partial charge is 0.391 e. The van der Waals surface area contributed by atoms with Gasteiger partial charge in [0, 0.05) is 6.42 Å². The summed E-state index contributed by atoms with van der Waals surface area (Å²) in [5, 5.41) is 13.9. The zero-order valence-corrected chi connectivity index (χ0v) is 34.5. The van der Waals surface area contributed by atoms with Crippen LogP contribution in [0.2, 0.25) is 0 Å². The van der Waals surface area contributed by atoms with Crippen LogP contribution in [-0.4, -0.2) is 73.4 Å². The molecule has 0 aliphatic rings. The van der Waals surface area contributed by atoms with Crippen molar-refractivity contribution < 1.29 is 32.9 Å². The first-order valence-corrected chi connectivity index (χ1v) is 22.5. The molecule has 3 N–H and O–H groups in total. The average Bonchev–Trinajstić information content (AvgIpc) is 3.06. The van der Waals surface area contributed by atoms with Gasteiger partial charge in [0.05, 0.1) is 39.9 Å². The maximum absolute atomic E-state index is 12.8. The van der Waals surface area contributed by atoms with Crippen molar-refractivity contribution in [1.29, 1.82) is 0 Å². The molecule has 0 bridgehead atoms. The highest BCUT2D eigenvalue weighted by atomic mass is 31.2. The van der Waals surface area contributed by atoms with E-state index in [4.69, 9.17) is 9.05 Å². The molecule has 0 saturated carbocycles. The number of hydrogen-bond donors (Lipinski definition) is 3. The van der Waals surface area contributed by atoms with Gasteiger partial charge in [0.1, 0.15) is 13.2 Å². The van der Waals surface area contributed by atoms with Crippen LogP contribution < -0.4 is 5.32 Å². The molecule has 1 amide bonds. The molecule has 0 spiro atoms. The summed E-state index contributed by atoms with van der Waals surface area (Å²) in [4.78, 5) is 23.1. The van der Waals surface area contributed by atoms with Crippen LogP contribution in [0.15, 0.2) is 12.2 Å². The summed E-state index contributed by atoms with van der Waals surface area (Å²) in [6, 6.07) is -0.759. The van der Waals surface area contributed by atoms with E-state index < -0.39 is 20.0 Å². The first-order chi connectivity index (χ1) is 24.0. The van der Waals surface area contributed by atoms with E-state index in [2.05, 4.69) is 31.3 Å². The van der Waals surface area contributed by atoms with E-state index >= 15 is 0 Å². The van der Waals surface area contributed by atoms with E-state index in [1.54, 1.807) is 0 Å². The van der Waals surface area contributed by atoms with Gasteiger partial charge in [-0.3, -0.25) is 13.8 Å². The minimum absolute atomic E-state index is 0.0747. The fourth-order valence-corrected chi connectivity index (χ4v) is 6.83. The molecule has 0 heterocycles. The Morgan fingerprint density at radius 3 is 1.54 bits per heavy atom. The Hall–Kier alpha value is -0.760. The number of rotatable bonds is 38. The zero-order chi connectivity index (χ0) is 37.2. The zero-order valence-electron chi connectivity index (χ0n) is 33.7. The number of phosphoric ester groups is 1. The SMILES string of the molecule is CCCCCCC/C=C/CCCCCCCC(=O)N[C@@H](COP(=O)(O)OCC[N+](C)(C)C)[C@H](O)CCCCCCCCCCCCCCCC. The van der Waals surface area contributed by atoms with Crippen LogP contribution in [0, 0.1) is 0 Å². The van der Waals surface area contributed by atoms with Crippen LogP contribution in [0.25, 0.3) is 0 Å². The van der Waals surface area contributed by atoms with Crippen LogP contribution in [0.3, 0.4) is 0 Å². The third-order valence-corrected chi connectivity index (χ3v) is 10.5. The molecule has 8 nitrogen and oxygen atoms in total. The summed E-state index contributed by atoms with van der Waals surface area (Å²) < 4.78 is 23.6. The summed E-state index contributed by atoms with van der Waals surface area (Å²) in [5.41, 5.74) is 0. The molecule has 0 saturated heterocycles. The van der Waals surface area contributed by atoms with Crippen LogP contribution in [0.5, 0.6) is 0 Å². The van der Waals surface area contributed by atoms with Gasteiger partial charge < -0.3 is 19.8 Å². The highest BCUT2D eigenvalue weighted by molar-refractivity contribution is 7.47. The molecule has 50 heavy (non-hydrogen) atoms. The maximum Gasteiger partial charge on any atom is 0.472 e. The fraction of sp³-hybridized carbons (Fsp3) is 0.927. The third kappa shape index (κ3) is 35.6. The molecule has 0 aromatic rings. The Labute approximate surface area is 310 Å². The van der Waals surface area contributed by atoms with Gasteiger partial charge in [0.2, 0.25) is 5.91 Å². The molecule has 0 aliphatic carbocycles. The van der Waals surface area contributed by atoms with Crippen molar-refractivity contribution in [2.24, 2.45) is 0 Å². The first-order valence-electron chi connectivity index (χ1n) is 21.1. The number of amides is 1. The van der Waals surface area contributed by atoms with Crippen LogP contribution in [-0.2, 0) is 18.4 Å². The number of carbonyl (C=O) groups excluding carboxylic acids is 1. The Balaban J connectivity index is 4.42. The number of carbonyl (C=O) groups is 1. The van der Waals surface area contributed by atoms with Crippen LogP contribution in [0.1, 0.15) is 194 Å². The second kappa shape index (κ2) is 34.0. The van der Waals surface area contributed by atoms with E-state index in [9.17, 15) is 19.4 Å². The summed E-state index contributed by atoms with van der Waals surface area (Å²) in [5.74, 6) is -0.154. The molecule has 298 valence electrons. The molecule has 0 aromatic heterocycles. The van der Waals surface area contributed by atoms with Gasteiger partial charge in [-0.2, -0.15) is 0 Å². The molecular weight excluding hydrogens is 647 g/mol. The van der Waals surface area contributed by atoms with E-state index in [1.807, 2.05) is 21.1 Å². The normalized spacial score (nSPS) is 14.6. The van der Waals surface area contributed by atoms with Gasteiger partial charge in [-0.05, 0) is 38.5 Å². The highest BCUT2D eigenvalue weighted by Crippen LogP contribution is 2.43. The number of aliphatic hydroxyl groups excluding tert-OH is 1. The predicted molar refractivity (Wildman–Crippen MR) is 212 cm³/mol. The quantitative estimate of drug-likeness (QED) is 0.0253. The lowest BCUT2D eigenvalue weighted by atomic mass is 10.0. The summed E-state index contributed by atoms with van der Waals surface area (Å²) >= 11 is 0. The average molecular weight is 732 g/mol. The standard InChI is InChI=1S/C41H83N2O6P/c1-6-8-10-12-14-16-18-20-22-24-26-28-30-32-34-40(44)39(38-49-50(46,47)48-37-36-43(3,4)5)42-41(45)35-33-31-29-27-25-23-21-19-17-15-13-11-9-7-2/h19,21,39-40,44H,6-18,20,22-38H2,1-5H3,(H-,42,45,46,47)/p+1/b21-19+/t39-,40+/m0/s1. The molecule has 3 atom stereocenters. The molecule has 0 radical (unpaired) electrons. The number of quaternary nitrogens is 1.